The molecule has 0 aliphatic heterocycles. The summed E-state index contributed by atoms with van der Waals surface area (Å²) in [5.41, 5.74) is 8.76. The van der Waals surface area contributed by atoms with Crippen LogP contribution in [0.5, 0.6) is 0 Å². The smallest absolute Gasteiger partial charge is 0.0452 e. The van der Waals surface area contributed by atoms with Crippen molar-refractivity contribution in [3.05, 3.63) is 23.5 Å². The van der Waals surface area contributed by atoms with Gasteiger partial charge in [-0.25, -0.2) is 0 Å². The second kappa shape index (κ2) is 2.38. The van der Waals surface area contributed by atoms with E-state index in [0.29, 0.717) is 0 Å². The van der Waals surface area contributed by atoms with E-state index in [1.807, 2.05) is 0 Å². The molecule has 0 fully saturated rings. The zero-order chi connectivity index (χ0) is 7.84. The van der Waals surface area contributed by atoms with Gasteiger partial charge in [-0.3, -0.25) is 0 Å². The minimum Gasteiger partial charge on any atom is -0.353 e. The fourth-order valence-corrected chi connectivity index (χ4v) is 1.95. The fourth-order valence-electron chi connectivity index (χ4n) is 1.95. The van der Waals surface area contributed by atoms with Gasteiger partial charge in [-0.2, -0.15) is 0 Å². The molecular formula is C9H14N2. The van der Waals surface area contributed by atoms with E-state index in [2.05, 4.69) is 23.9 Å². The number of hydrogen-bond donors (Lipinski definition) is 1. The largest absolute Gasteiger partial charge is 0.353 e. The highest BCUT2D eigenvalue weighted by Crippen LogP contribution is 2.27. The Morgan fingerprint density at radius 3 is 3.18 bits per heavy atom. The van der Waals surface area contributed by atoms with Gasteiger partial charge in [-0.05, 0) is 30.9 Å². The first kappa shape index (κ1) is 6.92. The molecule has 1 aliphatic carbocycles. The number of fused-ring (bicyclic) bond motifs is 1. The standard InChI is InChI=1S/C9H14N2/c1-11-6-5-7-3-2-4-8(10)9(7)11/h5-6,8H,2-4,10H2,1H3. The van der Waals surface area contributed by atoms with Gasteiger partial charge in [0.05, 0.1) is 0 Å². The van der Waals surface area contributed by atoms with Crippen LogP contribution < -0.4 is 5.73 Å². The van der Waals surface area contributed by atoms with Crippen LogP contribution in [0.15, 0.2) is 12.3 Å². The van der Waals surface area contributed by atoms with Crippen LogP contribution >= 0.6 is 0 Å². The molecule has 2 heteroatoms. The van der Waals surface area contributed by atoms with Crippen LogP contribution in [0.2, 0.25) is 0 Å². The lowest BCUT2D eigenvalue weighted by atomic mass is 9.94. The number of hydrogen-bond acceptors (Lipinski definition) is 1. The Balaban J connectivity index is 2.48. The Kier molecular flexibility index (Phi) is 1.50. The molecule has 2 nitrogen and oxygen atoms in total. The van der Waals surface area contributed by atoms with Crippen LogP contribution in [0, 0.1) is 0 Å². The molecule has 0 radical (unpaired) electrons. The van der Waals surface area contributed by atoms with Crippen molar-refractivity contribution in [1.82, 2.24) is 4.57 Å². The van der Waals surface area contributed by atoms with Gasteiger partial charge >= 0.3 is 0 Å². The second-order valence-electron chi connectivity index (χ2n) is 3.34. The van der Waals surface area contributed by atoms with Gasteiger partial charge in [-0.1, -0.05) is 0 Å². The van der Waals surface area contributed by atoms with E-state index < -0.39 is 0 Å². The lowest BCUT2D eigenvalue weighted by Crippen LogP contribution is -2.19. The van der Waals surface area contributed by atoms with Crippen molar-refractivity contribution in [3.63, 3.8) is 0 Å². The third-order valence-corrected chi connectivity index (χ3v) is 2.52. The highest BCUT2D eigenvalue weighted by molar-refractivity contribution is 5.27. The molecular weight excluding hydrogens is 136 g/mol. The minimum atomic E-state index is 0.277. The van der Waals surface area contributed by atoms with E-state index in [-0.39, 0.29) is 6.04 Å². The molecule has 2 N–H and O–H groups in total. The molecule has 1 unspecified atom stereocenters. The van der Waals surface area contributed by atoms with Crippen molar-refractivity contribution in [2.24, 2.45) is 12.8 Å². The van der Waals surface area contributed by atoms with E-state index in [4.69, 9.17) is 5.73 Å². The average Bonchev–Trinajstić information content (AvgIpc) is 2.34. The molecule has 0 saturated carbocycles. The fraction of sp³-hybridized carbons (Fsp3) is 0.556. The molecule has 0 aromatic carbocycles. The zero-order valence-corrected chi connectivity index (χ0v) is 6.88. The Labute approximate surface area is 67.0 Å². The van der Waals surface area contributed by atoms with Crippen LogP contribution in [0.1, 0.15) is 30.1 Å². The Morgan fingerprint density at radius 2 is 2.45 bits per heavy atom. The van der Waals surface area contributed by atoms with E-state index in [0.717, 1.165) is 6.42 Å². The van der Waals surface area contributed by atoms with Crippen molar-refractivity contribution in [2.75, 3.05) is 0 Å². The summed E-state index contributed by atoms with van der Waals surface area (Å²) in [5.74, 6) is 0. The van der Waals surface area contributed by atoms with Crippen molar-refractivity contribution < 1.29 is 0 Å². The number of aryl methyl sites for hydroxylation is 2. The number of nitrogens with two attached hydrogens (primary N) is 1. The second-order valence-corrected chi connectivity index (χ2v) is 3.34. The molecule has 2 rings (SSSR count). The summed E-state index contributed by atoms with van der Waals surface area (Å²) in [6.45, 7) is 0. The Bertz CT molecular complexity index is 263. The number of rotatable bonds is 0. The molecule has 0 amide bonds. The van der Waals surface area contributed by atoms with Gasteiger partial charge in [0.2, 0.25) is 0 Å². The minimum absolute atomic E-state index is 0.277. The molecule has 1 aliphatic rings. The first-order valence-corrected chi connectivity index (χ1v) is 4.18. The Hall–Kier alpha value is -0.760. The van der Waals surface area contributed by atoms with Gasteiger partial charge in [0, 0.05) is 25.0 Å². The molecule has 1 atom stereocenters. The third kappa shape index (κ3) is 0.979. The molecule has 1 aromatic heterocycles. The molecule has 1 aromatic rings. The maximum atomic E-state index is 5.97. The van der Waals surface area contributed by atoms with E-state index in [1.54, 1.807) is 0 Å². The summed E-state index contributed by atoms with van der Waals surface area (Å²) < 4.78 is 2.15. The average molecular weight is 150 g/mol. The summed E-state index contributed by atoms with van der Waals surface area (Å²) in [7, 11) is 2.07. The maximum absolute atomic E-state index is 5.97. The summed E-state index contributed by atoms with van der Waals surface area (Å²) in [4.78, 5) is 0. The summed E-state index contributed by atoms with van der Waals surface area (Å²) in [5, 5.41) is 0. The van der Waals surface area contributed by atoms with Crippen molar-refractivity contribution in [2.45, 2.75) is 25.3 Å². The molecule has 0 spiro atoms. The molecule has 0 saturated heterocycles. The molecule has 11 heavy (non-hydrogen) atoms. The monoisotopic (exact) mass is 150 g/mol. The summed E-state index contributed by atoms with van der Waals surface area (Å²) in [6.07, 6.45) is 5.71. The van der Waals surface area contributed by atoms with Gasteiger partial charge in [0.25, 0.3) is 0 Å². The van der Waals surface area contributed by atoms with Crippen LogP contribution in [0.3, 0.4) is 0 Å². The van der Waals surface area contributed by atoms with Crippen molar-refractivity contribution >= 4 is 0 Å². The quantitative estimate of drug-likeness (QED) is 0.595. The van der Waals surface area contributed by atoms with Crippen LogP contribution in [-0.4, -0.2) is 4.57 Å². The first-order valence-electron chi connectivity index (χ1n) is 4.18. The zero-order valence-electron chi connectivity index (χ0n) is 6.88. The first-order chi connectivity index (χ1) is 5.29. The van der Waals surface area contributed by atoms with E-state index >= 15 is 0 Å². The van der Waals surface area contributed by atoms with Gasteiger partial charge < -0.3 is 10.3 Å². The molecule has 60 valence electrons. The lowest BCUT2D eigenvalue weighted by molar-refractivity contribution is 0.539. The Morgan fingerprint density at radius 1 is 1.64 bits per heavy atom. The number of nitrogens with zero attached hydrogens (tertiary/aromatic N) is 1. The SMILES string of the molecule is Cn1ccc2c1C(N)CCC2. The summed E-state index contributed by atoms with van der Waals surface area (Å²) >= 11 is 0. The lowest BCUT2D eigenvalue weighted by Gasteiger charge is -2.20. The maximum Gasteiger partial charge on any atom is 0.0452 e. The van der Waals surface area contributed by atoms with Gasteiger partial charge in [0.15, 0.2) is 0 Å². The van der Waals surface area contributed by atoms with Crippen LogP contribution in [0.4, 0.5) is 0 Å². The van der Waals surface area contributed by atoms with Crippen LogP contribution in [-0.2, 0) is 13.5 Å². The van der Waals surface area contributed by atoms with Gasteiger partial charge in [-0.15, -0.1) is 0 Å². The molecule has 0 bridgehead atoms. The van der Waals surface area contributed by atoms with Gasteiger partial charge in [0.1, 0.15) is 0 Å². The highest BCUT2D eigenvalue weighted by atomic mass is 15.0. The highest BCUT2D eigenvalue weighted by Gasteiger charge is 2.18. The normalized spacial score (nSPS) is 23.3. The van der Waals surface area contributed by atoms with Crippen molar-refractivity contribution in [1.29, 1.82) is 0 Å². The molecule has 1 heterocycles. The van der Waals surface area contributed by atoms with Crippen molar-refractivity contribution in [3.8, 4) is 0 Å². The predicted octanol–water partition coefficient (Wildman–Crippen LogP) is 1.36. The van der Waals surface area contributed by atoms with E-state index in [9.17, 15) is 0 Å². The van der Waals surface area contributed by atoms with Crippen LogP contribution in [0.25, 0.3) is 0 Å². The number of aromatic nitrogens is 1. The van der Waals surface area contributed by atoms with E-state index in [1.165, 1.54) is 24.1 Å². The topological polar surface area (TPSA) is 30.9 Å². The third-order valence-electron chi connectivity index (χ3n) is 2.52. The summed E-state index contributed by atoms with van der Waals surface area (Å²) in [6, 6.07) is 2.47. The predicted molar refractivity (Wildman–Crippen MR) is 45.3 cm³/mol.